The van der Waals surface area contributed by atoms with Gasteiger partial charge in [0, 0.05) is 30.4 Å². The van der Waals surface area contributed by atoms with Crippen molar-refractivity contribution in [1.82, 2.24) is 0 Å². The number of halogens is 1. The largest absolute Gasteiger partial charge is 0.372 e. The zero-order chi connectivity index (χ0) is 12.3. The maximum absolute atomic E-state index is 13.7. The third-order valence-electron chi connectivity index (χ3n) is 3.12. The van der Waals surface area contributed by atoms with E-state index in [9.17, 15) is 4.39 Å². The van der Waals surface area contributed by atoms with Gasteiger partial charge >= 0.3 is 0 Å². The van der Waals surface area contributed by atoms with Crippen molar-refractivity contribution in [2.75, 3.05) is 11.9 Å². The fraction of sp³-hybridized carbons (Fsp3) is 0.538. The van der Waals surface area contributed by atoms with Crippen LogP contribution >= 0.6 is 0 Å². The van der Waals surface area contributed by atoms with Crippen LogP contribution in [0.15, 0.2) is 18.2 Å². The molecule has 0 aromatic heterocycles. The highest BCUT2D eigenvalue weighted by Gasteiger charge is 2.17. The molecule has 0 spiro atoms. The van der Waals surface area contributed by atoms with E-state index in [0.29, 0.717) is 11.6 Å². The molecule has 90 valence electrons. The van der Waals surface area contributed by atoms with E-state index in [-0.39, 0.29) is 11.9 Å². The quantitative estimate of drug-likeness (QED) is 0.851. The van der Waals surface area contributed by atoms with E-state index in [2.05, 4.69) is 18.7 Å². The second-order valence-electron chi connectivity index (χ2n) is 4.33. The lowest BCUT2D eigenvalue weighted by atomic mass is 10.0. The van der Waals surface area contributed by atoms with Crippen molar-refractivity contribution in [3.63, 3.8) is 0 Å². The Morgan fingerprint density at radius 3 is 2.50 bits per heavy atom. The number of benzene rings is 1. The zero-order valence-corrected chi connectivity index (χ0v) is 10.5. The Kier molecular flexibility index (Phi) is 4.30. The van der Waals surface area contributed by atoms with Gasteiger partial charge in [-0.3, -0.25) is 0 Å². The van der Waals surface area contributed by atoms with E-state index < -0.39 is 0 Å². The predicted molar refractivity (Wildman–Crippen MR) is 67.2 cm³/mol. The normalized spacial score (nSPS) is 14.6. The highest BCUT2D eigenvalue weighted by molar-refractivity contribution is 5.55. The second kappa shape index (κ2) is 5.30. The average Bonchev–Trinajstić information content (AvgIpc) is 2.26. The lowest BCUT2D eigenvalue weighted by Crippen LogP contribution is -2.30. The molecule has 2 nitrogen and oxygen atoms in total. The molecule has 1 aromatic rings. The van der Waals surface area contributed by atoms with Crippen molar-refractivity contribution in [1.29, 1.82) is 0 Å². The molecule has 16 heavy (non-hydrogen) atoms. The minimum atomic E-state index is -0.289. The Bertz CT molecular complexity index is 350. The first kappa shape index (κ1) is 13.0. The fourth-order valence-corrected chi connectivity index (χ4v) is 1.80. The van der Waals surface area contributed by atoms with Crippen LogP contribution in [0.3, 0.4) is 0 Å². The standard InChI is InChI=1S/C13H21FN2/c1-5-9(2)16(4)12-8-6-7-11(14)13(12)10(3)15/h6-10H,5,15H2,1-4H3/t9?,10-/m0/s1. The molecule has 1 aromatic carbocycles. The van der Waals surface area contributed by atoms with Gasteiger partial charge in [-0.2, -0.15) is 0 Å². The van der Waals surface area contributed by atoms with Crippen molar-refractivity contribution < 1.29 is 4.39 Å². The summed E-state index contributed by atoms with van der Waals surface area (Å²) in [4.78, 5) is 2.09. The Hall–Kier alpha value is -1.09. The van der Waals surface area contributed by atoms with Gasteiger partial charge in [0.2, 0.25) is 0 Å². The summed E-state index contributed by atoms with van der Waals surface area (Å²) in [6.45, 7) is 6.05. The van der Waals surface area contributed by atoms with Gasteiger partial charge in [0.1, 0.15) is 5.82 Å². The van der Waals surface area contributed by atoms with Crippen LogP contribution in [0.4, 0.5) is 10.1 Å². The monoisotopic (exact) mass is 224 g/mol. The molecule has 2 N–H and O–H groups in total. The topological polar surface area (TPSA) is 29.3 Å². The Morgan fingerprint density at radius 1 is 1.38 bits per heavy atom. The number of nitrogens with zero attached hydrogens (tertiary/aromatic N) is 1. The van der Waals surface area contributed by atoms with Gasteiger partial charge in [-0.25, -0.2) is 4.39 Å². The molecule has 0 heterocycles. The summed E-state index contributed by atoms with van der Waals surface area (Å²) < 4.78 is 13.7. The molecule has 0 saturated heterocycles. The van der Waals surface area contributed by atoms with E-state index in [1.807, 2.05) is 20.0 Å². The summed E-state index contributed by atoms with van der Waals surface area (Å²) in [5.74, 6) is -0.220. The third-order valence-corrected chi connectivity index (χ3v) is 3.12. The highest BCUT2D eigenvalue weighted by atomic mass is 19.1. The number of hydrogen-bond donors (Lipinski definition) is 1. The molecule has 2 atom stereocenters. The van der Waals surface area contributed by atoms with E-state index in [0.717, 1.165) is 12.1 Å². The van der Waals surface area contributed by atoms with Crippen molar-refractivity contribution in [3.8, 4) is 0 Å². The van der Waals surface area contributed by atoms with Gasteiger partial charge in [-0.15, -0.1) is 0 Å². The molecular formula is C13H21FN2. The van der Waals surface area contributed by atoms with Gasteiger partial charge < -0.3 is 10.6 Å². The van der Waals surface area contributed by atoms with Crippen LogP contribution in [-0.4, -0.2) is 13.1 Å². The molecule has 0 saturated carbocycles. The summed E-state index contributed by atoms with van der Waals surface area (Å²) in [6.07, 6.45) is 1.02. The summed E-state index contributed by atoms with van der Waals surface area (Å²) in [5, 5.41) is 0. The van der Waals surface area contributed by atoms with Crippen molar-refractivity contribution in [2.24, 2.45) is 5.73 Å². The highest BCUT2D eigenvalue weighted by Crippen LogP contribution is 2.28. The average molecular weight is 224 g/mol. The van der Waals surface area contributed by atoms with E-state index in [4.69, 9.17) is 5.73 Å². The molecule has 0 fully saturated rings. The van der Waals surface area contributed by atoms with E-state index in [1.54, 1.807) is 6.07 Å². The smallest absolute Gasteiger partial charge is 0.130 e. The number of rotatable bonds is 4. The van der Waals surface area contributed by atoms with Gasteiger partial charge in [-0.05, 0) is 32.4 Å². The van der Waals surface area contributed by atoms with Gasteiger partial charge in [0.25, 0.3) is 0 Å². The molecule has 0 bridgehead atoms. The summed E-state index contributed by atoms with van der Waals surface area (Å²) in [7, 11) is 1.98. The van der Waals surface area contributed by atoms with Crippen molar-refractivity contribution in [3.05, 3.63) is 29.6 Å². The van der Waals surface area contributed by atoms with Crippen LogP contribution < -0.4 is 10.6 Å². The molecule has 1 unspecified atom stereocenters. The number of hydrogen-bond acceptors (Lipinski definition) is 2. The first-order chi connectivity index (χ1) is 7.49. The second-order valence-corrected chi connectivity index (χ2v) is 4.33. The maximum Gasteiger partial charge on any atom is 0.130 e. The minimum absolute atomic E-state index is 0.220. The SMILES string of the molecule is CCC(C)N(C)c1cccc(F)c1[C@H](C)N. The molecule has 0 aliphatic heterocycles. The Labute approximate surface area is 97.3 Å². The lowest BCUT2D eigenvalue weighted by molar-refractivity contribution is 0.586. The molecule has 0 radical (unpaired) electrons. The molecule has 0 aliphatic carbocycles. The minimum Gasteiger partial charge on any atom is -0.372 e. The predicted octanol–water partition coefficient (Wildman–Crippen LogP) is 3.08. The molecule has 3 heteroatoms. The lowest BCUT2D eigenvalue weighted by Gasteiger charge is -2.29. The molecule has 0 aliphatic rings. The first-order valence-electron chi connectivity index (χ1n) is 5.75. The van der Waals surface area contributed by atoms with Crippen LogP contribution in [0.1, 0.15) is 38.8 Å². The van der Waals surface area contributed by atoms with E-state index in [1.165, 1.54) is 6.07 Å². The van der Waals surface area contributed by atoms with Crippen LogP contribution in [0, 0.1) is 5.82 Å². The Balaban J connectivity index is 3.17. The van der Waals surface area contributed by atoms with Crippen LogP contribution in [0.25, 0.3) is 0 Å². The summed E-state index contributed by atoms with van der Waals surface area (Å²) >= 11 is 0. The van der Waals surface area contributed by atoms with Crippen molar-refractivity contribution in [2.45, 2.75) is 39.3 Å². The molecule has 0 amide bonds. The van der Waals surface area contributed by atoms with Gasteiger partial charge in [-0.1, -0.05) is 13.0 Å². The fourth-order valence-electron chi connectivity index (χ4n) is 1.80. The zero-order valence-electron chi connectivity index (χ0n) is 10.5. The summed E-state index contributed by atoms with van der Waals surface area (Å²) in [5.41, 5.74) is 7.32. The van der Waals surface area contributed by atoms with Gasteiger partial charge in [0.15, 0.2) is 0 Å². The molecule has 1 rings (SSSR count). The van der Waals surface area contributed by atoms with Crippen LogP contribution in [-0.2, 0) is 0 Å². The van der Waals surface area contributed by atoms with Crippen LogP contribution in [0.2, 0.25) is 0 Å². The summed E-state index contributed by atoms with van der Waals surface area (Å²) in [6, 6.07) is 5.21. The third kappa shape index (κ3) is 2.53. The van der Waals surface area contributed by atoms with Crippen molar-refractivity contribution >= 4 is 5.69 Å². The molecular weight excluding hydrogens is 203 g/mol. The van der Waals surface area contributed by atoms with E-state index >= 15 is 0 Å². The Morgan fingerprint density at radius 2 is 2.00 bits per heavy atom. The van der Waals surface area contributed by atoms with Crippen LogP contribution in [0.5, 0.6) is 0 Å². The van der Waals surface area contributed by atoms with Gasteiger partial charge in [0.05, 0.1) is 0 Å². The first-order valence-corrected chi connectivity index (χ1v) is 5.75. The maximum atomic E-state index is 13.7. The number of nitrogens with two attached hydrogens (primary N) is 1. The number of anilines is 1.